The van der Waals surface area contributed by atoms with Crippen molar-refractivity contribution in [2.75, 3.05) is 27.4 Å². The molecule has 0 aromatic heterocycles. The summed E-state index contributed by atoms with van der Waals surface area (Å²) in [6.45, 7) is -0.159. The summed E-state index contributed by atoms with van der Waals surface area (Å²) in [4.78, 5) is 12.9. The van der Waals surface area contributed by atoms with Crippen molar-refractivity contribution < 1.29 is 39.1 Å². The van der Waals surface area contributed by atoms with Gasteiger partial charge in [0.15, 0.2) is 17.8 Å². The number of ether oxygens (including phenoxy) is 4. The first-order valence-corrected chi connectivity index (χ1v) is 10.8. The smallest absolute Gasteiger partial charge is 0.251 e. The molecule has 0 bridgehead atoms. The molecule has 1 aliphatic heterocycles. The minimum atomic E-state index is -1.43. The van der Waals surface area contributed by atoms with Crippen molar-refractivity contribution in [2.24, 2.45) is 0 Å². The molecule has 1 amide bonds. The first-order valence-electron chi connectivity index (χ1n) is 10.4. The number of hydrogen-bond acceptors (Lipinski definition) is 8. The third-order valence-corrected chi connectivity index (χ3v) is 5.66. The fourth-order valence-corrected chi connectivity index (χ4v) is 3.84. The Bertz CT molecular complexity index is 926. The number of aliphatic hydroxyl groups is 3. The van der Waals surface area contributed by atoms with Crippen molar-refractivity contribution in [1.82, 2.24) is 5.32 Å². The van der Waals surface area contributed by atoms with E-state index in [1.165, 1.54) is 26.4 Å². The molecule has 4 N–H and O–H groups in total. The van der Waals surface area contributed by atoms with Gasteiger partial charge in [-0.15, -0.1) is 0 Å². The molecular weight excluding hydrogens is 454 g/mol. The van der Waals surface area contributed by atoms with Gasteiger partial charge in [-0.25, -0.2) is 0 Å². The van der Waals surface area contributed by atoms with Gasteiger partial charge >= 0.3 is 0 Å². The standard InChI is InChI=1S/C23H28ClNO8/c1-30-16-11-14(10-15(24)21(16)32-9-8-13-6-4-3-5-7-13)22(29)25-18-20(28)19(27)17(12-26)33-23(18)31-2/h3-7,10-11,17-20,23,26-28H,8-9,12H2,1-2H3,(H,25,29)/t17-,18-,19-,20-,23-/m1/s1. The first-order chi connectivity index (χ1) is 15.9. The second-order valence-corrected chi connectivity index (χ2v) is 7.92. The monoisotopic (exact) mass is 481 g/mol. The van der Waals surface area contributed by atoms with Crippen molar-refractivity contribution in [3.8, 4) is 11.5 Å². The summed E-state index contributed by atoms with van der Waals surface area (Å²) in [5, 5.41) is 32.6. The van der Waals surface area contributed by atoms with E-state index in [2.05, 4.69) is 5.32 Å². The number of hydrogen-bond donors (Lipinski definition) is 4. The van der Waals surface area contributed by atoms with E-state index in [1.807, 2.05) is 30.3 Å². The number of carbonyl (C=O) groups excluding carboxylic acids is 1. The SMILES string of the molecule is COc1cc(C(=O)N[C@H]2[C@H](OC)O[C@H](CO)[C@@H](O)[C@@H]2O)cc(Cl)c1OCCc1ccccc1. The van der Waals surface area contributed by atoms with E-state index in [0.717, 1.165) is 5.56 Å². The second kappa shape index (κ2) is 11.6. The van der Waals surface area contributed by atoms with Crippen LogP contribution in [0.5, 0.6) is 11.5 Å². The fourth-order valence-electron chi connectivity index (χ4n) is 3.58. The zero-order valence-corrected chi connectivity index (χ0v) is 19.1. The molecule has 0 aliphatic carbocycles. The van der Waals surface area contributed by atoms with Crippen molar-refractivity contribution in [1.29, 1.82) is 0 Å². The third kappa shape index (κ3) is 5.94. The lowest BCUT2D eigenvalue weighted by Crippen LogP contribution is -2.64. The summed E-state index contributed by atoms with van der Waals surface area (Å²) in [6.07, 6.45) is -4.30. The molecular formula is C23H28ClNO8. The van der Waals surface area contributed by atoms with Gasteiger partial charge in [0.1, 0.15) is 24.4 Å². The predicted molar refractivity (Wildman–Crippen MR) is 120 cm³/mol. The first kappa shape index (κ1) is 25.2. The van der Waals surface area contributed by atoms with E-state index in [-0.39, 0.29) is 16.3 Å². The normalized spacial score (nSPS) is 24.8. The predicted octanol–water partition coefficient (Wildman–Crippen LogP) is 1.15. The van der Waals surface area contributed by atoms with Crippen LogP contribution in [0.25, 0.3) is 0 Å². The molecule has 0 spiro atoms. The summed E-state index contributed by atoms with van der Waals surface area (Å²) < 4.78 is 21.8. The van der Waals surface area contributed by atoms with Crippen molar-refractivity contribution in [3.05, 3.63) is 58.6 Å². The third-order valence-electron chi connectivity index (χ3n) is 5.38. The maximum atomic E-state index is 12.9. The Kier molecular flexibility index (Phi) is 8.90. The van der Waals surface area contributed by atoms with E-state index in [4.69, 9.17) is 30.5 Å². The lowest BCUT2D eigenvalue weighted by Gasteiger charge is -2.41. The van der Waals surface area contributed by atoms with Gasteiger partial charge in [-0.2, -0.15) is 0 Å². The van der Waals surface area contributed by atoms with Crippen molar-refractivity contribution in [2.45, 2.75) is 37.1 Å². The van der Waals surface area contributed by atoms with Crippen molar-refractivity contribution in [3.63, 3.8) is 0 Å². The molecule has 1 saturated heterocycles. The summed E-state index contributed by atoms with van der Waals surface area (Å²) in [5.41, 5.74) is 1.25. The zero-order chi connectivity index (χ0) is 24.0. The Morgan fingerprint density at radius 3 is 2.52 bits per heavy atom. The summed E-state index contributed by atoms with van der Waals surface area (Å²) in [7, 11) is 2.76. The molecule has 0 unspecified atom stereocenters. The average molecular weight is 482 g/mol. The minimum Gasteiger partial charge on any atom is -0.493 e. The number of carbonyl (C=O) groups is 1. The van der Waals surface area contributed by atoms with Crippen LogP contribution in [0.3, 0.4) is 0 Å². The van der Waals surface area contributed by atoms with Crippen LogP contribution in [0.4, 0.5) is 0 Å². The molecule has 0 radical (unpaired) electrons. The van der Waals surface area contributed by atoms with Crippen LogP contribution in [0.1, 0.15) is 15.9 Å². The lowest BCUT2D eigenvalue weighted by atomic mass is 9.96. The van der Waals surface area contributed by atoms with Crippen molar-refractivity contribution >= 4 is 17.5 Å². The van der Waals surface area contributed by atoms with Crippen LogP contribution in [-0.4, -0.2) is 79.3 Å². The molecule has 1 heterocycles. The van der Waals surface area contributed by atoms with Gasteiger partial charge in [0.25, 0.3) is 5.91 Å². The highest BCUT2D eigenvalue weighted by atomic mass is 35.5. The summed E-state index contributed by atoms with van der Waals surface area (Å²) in [6, 6.07) is 11.6. The maximum absolute atomic E-state index is 12.9. The fraction of sp³-hybridized carbons (Fsp3) is 0.435. The van der Waals surface area contributed by atoms with Crippen LogP contribution in [0.2, 0.25) is 5.02 Å². The number of benzene rings is 2. The Morgan fingerprint density at radius 1 is 1.15 bits per heavy atom. The molecule has 180 valence electrons. The van der Waals surface area contributed by atoms with Crippen LogP contribution >= 0.6 is 11.6 Å². The van der Waals surface area contributed by atoms with Crippen LogP contribution in [0.15, 0.2) is 42.5 Å². The molecule has 3 rings (SSSR count). The van der Waals surface area contributed by atoms with Gasteiger partial charge in [0, 0.05) is 19.1 Å². The minimum absolute atomic E-state index is 0.146. The van der Waals surface area contributed by atoms with Gasteiger partial charge in [-0.05, 0) is 17.7 Å². The number of nitrogens with one attached hydrogen (secondary N) is 1. The summed E-state index contributed by atoms with van der Waals surface area (Å²) >= 11 is 6.38. The van der Waals surface area contributed by atoms with Gasteiger partial charge in [-0.3, -0.25) is 4.79 Å². The number of amides is 1. The zero-order valence-electron chi connectivity index (χ0n) is 18.3. The molecule has 2 aromatic carbocycles. The maximum Gasteiger partial charge on any atom is 0.251 e. The lowest BCUT2D eigenvalue weighted by molar-refractivity contribution is -0.261. The van der Waals surface area contributed by atoms with Crippen LogP contribution < -0.4 is 14.8 Å². The molecule has 9 nitrogen and oxygen atoms in total. The van der Waals surface area contributed by atoms with Gasteiger partial charge in [0.05, 0.1) is 25.3 Å². The average Bonchev–Trinajstić information content (AvgIpc) is 2.83. The van der Waals surface area contributed by atoms with E-state index < -0.39 is 43.2 Å². The molecule has 1 aliphatic rings. The van der Waals surface area contributed by atoms with E-state index in [1.54, 1.807) is 0 Å². The molecule has 33 heavy (non-hydrogen) atoms. The topological polar surface area (TPSA) is 127 Å². The quantitative estimate of drug-likeness (QED) is 0.420. The summed E-state index contributed by atoms with van der Waals surface area (Å²) in [5.74, 6) is -0.0242. The Labute approximate surface area is 196 Å². The molecule has 10 heteroatoms. The van der Waals surface area contributed by atoms with Crippen LogP contribution in [-0.2, 0) is 15.9 Å². The Balaban J connectivity index is 1.72. The Morgan fingerprint density at radius 2 is 1.88 bits per heavy atom. The van der Waals surface area contributed by atoms with Gasteiger partial charge in [0.2, 0.25) is 0 Å². The van der Waals surface area contributed by atoms with Gasteiger partial charge in [-0.1, -0.05) is 41.9 Å². The molecule has 1 fully saturated rings. The molecule has 5 atom stereocenters. The molecule has 0 saturated carbocycles. The van der Waals surface area contributed by atoms with E-state index in [9.17, 15) is 20.1 Å². The van der Waals surface area contributed by atoms with E-state index in [0.29, 0.717) is 18.8 Å². The number of aliphatic hydroxyl groups excluding tert-OH is 3. The highest BCUT2D eigenvalue weighted by Crippen LogP contribution is 2.36. The highest BCUT2D eigenvalue weighted by Gasteiger charge is 2.45. The Hall–Kier alpha value is -2.40. The number of halogens is 1. The van der Waals surface area contributed by atoms with Crippen LogP contribution in [0, 0.1) is 0 Å². The van der Waals surface area contributed by atoms with Gasteiger partial charge < -0.3 is 39.6 Å². The second-order valence-electron chi connectivity index (χ2n) is 7.52. The molecule has 2 aromatic rings. The van der Waals surface area contributed by atoms with E-state index >= 15 is 0 Å². The number of rotatable bonds is 9. The number of methoxy groups -OCH3 is 2. The highest BCUT2D eigenvalue weighted by molar-refractivity contribution is 6.32. The largest absolute Gasteiger partial charge is 0.493 e.